The van der Waals surface area contributed by atoms with E-state index in [9.17, 15) is 4.79 Å². The maximum Gasteiger partial charge on any atom is 0.253 e. The number of nitrogens with zero attached hydrogens (tertiary/aromatic N) is 2. The molecule has 3 aromatic carbocycles. The van der Waals surface area contributed by atoms with Crippen molar-refractivity contribution in [3.8, 4) is 5.75 Å². The van der Waals surface area contributed by atoms with Crippen molar-refractivity contribution in [2.24, 2.45) is 0 Å². The van der Waals surface area contributed by atoms with Gasteiger partial charge in [-0.25, -0.2) is 4.98 Å². The second-order valence-corrected chi connectivity index (χ2v) is 8.14. The summed E-state index contributed by atoms with van der Waals surface area (Å²) >= 11 is 6.20. The molecule has 1 atom stereocenters. The van der Waals surface area contributed by atoms with E-state index in [1.165, 1.54) is 0 Å². The van der Waals surface area contributed by atoms with Crippen molar-refractivity contribution in [2.45, 2.75) is 25.9 Å². The first-order chi connectivity index (χ1) is 16.1. The van der Waals surface area contributed by atoms with Gasteiger partial charge in [-0.3, -0.25) is 4.79 Å². The molecule has 0 saturated heterocycles. The van der Waals surface area contributed by atoms with E-state index in [-0.39, 0.29) is 11.9 Å². The molecule has 0 aliphatic heterocycles. The summed E-state index contributed by atoms with van der Waals surface area (Å²) < 4.78 is 8.21. The molecule has 6 heteroatoms. The second kappa shape index (κ2) is 10.4. The van der Waals surface area contributed by atoms with Crippen molar-refractivity contribution in [3.05, 3.63) is 107 Å². The van der Waals surface area contributed by atoms with Crippen molar-refractivity contribution in [1.82, 2.24) is 14.9 Å². The highest BCUT2D eigenvalue weighted by Gasteiger charge is 2.20. The van der Waals surface area contributed by atoms with Crippen molar-refractivity contribution in [3.63, 3.8) is 0 Å². The normalized spacial score (nSPS) is 11.8. The average molecular weight is 460 g/mol. The van der Waals surface area contributed by atoms with Gasteiger partial charge in [-0.05, 0) is 49.2 Å². The summed E-state index contributed by atoms with van der Waals surface area (Å²) in [5.74, 6) is 1.38. The molecule has 0 radical (unpaired) electrons. The molecule has 1 unspecified atom stereocenters. The first-order valence-corrected chi connectivity index (χ1v) is 11.3. The first-order valence-electron chi connectivity index (χ1n) is 10.9. The van der Waals surface area contributed by atoms with Crippen LogP contribution in [0.15, 0.2) is 85.5 Å². The Balaban J connectivity index is 1.55. The number of carbonyl (C=O) groups excluding carboxylic acids is 1. The minimum atomic E-state index is -0.325. The second-order valence-electron chi connectivity index (χ2n) is 7.73. The van der Waals surface area contributed by atoms with Crippen LogP contribution in [0.4, 0.5) is 0 Å². The van der Waals surface area contributed by atoms with E-state index >= 15 is 0 Å². The zero-order chi connectivity index (χ0) is 23.2. The Morgan fingerprint density at radius 1 is 1.12 bits per heavy atom. The quantitative estimate of drug-likeness (QED) is 0.313. The van der Waals surface area contributed by atoms with Gasteiger partial charge in [0, 0.05) is 0 Å². The number of hydrogen-bond acceptors (Lipinski definition) is 3. The lowest BCUT2D eigenvalue weighted by molar-refractivity contribution is 0.0937. The van der Waals surface area contributed by atoms with Crippen LogP contribution in [-0.4, -0.2) is 22.1 Å². The Morgan fingerprint density at radius 3 is 2.67 bits per heavy atom. The lowest BCUT2D eigenvalue weighted by atomic mass is 10.1. The van der Waals surface area contributed by atoms with Gasteiger partial charge in [-0.1, -0.05) is 60.1 Å². The predicted molar refractivity (Wildman–Crippen MR) is 133 cm³/mol. The first kappa shape index (κ1) is 22.6. The van der Waals surface area contributed by atoms with E-state index < -0.39 is 0 Å². The minimum absolute atomic E-state index is 0.235. The maximum absolute atomic E-state index is 12.8. The van der Waals surface area contributed by atoms with Gasteiger partial charge in [0.2, 0.25) is 0 Å². The third kappa shape index (κ3) is 5.10. The molecule has 1 amide bonds. The molecule has 0 spiro atoms. The highest BCUT2D eigenvalue weighted by molar-refractivity contribution is 6.33. The summed E-state index contributed by atoms with van der Waals surface area (Å²) in [6, 6.07) is 22.6. The molecule has 5 nitrogen and oxygen atoms in total. The largest absolute Gasteiger partial charge is 0.491 e. The Labute approximate surface area is 198 Å². The van der Waals surface area contributed by atoms with Crippen LogP contribution in [0.2, 0.25) is 5.02 Å². The van der Waals surface area contributed by atoms with Crippen molar-refractivity contribution in [2.75, 3.05) is 6.61 Å². The van der Waals surface area contributed by atoms with Crippen LogP contribution >= 0.6 is 11.6 Å². The highest BCUT2D eigenvalue weighted by atomic mass is 35.5. The van der Waals surface area contributed by atoms with E-state index in [4.69, 9.17) is 21.3 Å². The summed E-state index contributed by atoms with van der Waals surface area (Å²) in [6.45, 7) is 6.80. The Morgan fingerprint density at radius 2 is 1.85 bits per heavy atom. The fraction of sp³-hybridized carbons (Fsp3) is 0.185. The molecule has 168 valence electrons. The van der Waals surface area contributed by atoms with Gasteiger partial charge in [0.1, 0.15) is 18.2 Å². The van der Waals surface area contributed by atoms with Crippen LogP contribution in [0.3, 0.4) is 0 Å². The molecular weight excluding hydrogens is 434 g/mol. The predicted octanol–water partition coefficient (Wildman–Crippen LogP) is 5.99. The van der Waals surface area contributed by atoms with Gasteiger partial charge in [0.25, 0.3) is 5.91 Å². The van der Waals surface area contributed by atoms with Crippen molar-refractivity contribution in [1.29, 1.82) is 0 Å². The summed E-state index contributed by atoms with van der Waals surface area (Å²) in [6.07, 6.45) is 2.62. The van der Waals surface area contributed by atoms with E-state index in [2.05, 4.69) is 16.5 Å². The minimum Gasteiger partial charge on any atom is -0.491 e. The number of aromatic nitrogens is 2. The molecule has 0 bridgehead atoms. The van der Waals surface area contributed by atoms with Crippen LogP contribution in [0, 0.1) is 0 Å². The van der Waals surface area contributed by atoms with E-state index in [0.717, 1.165) is 34.6 Å². The number of halogens is 1. The zero-order valence-electron chi connectivity index (χ0n) is 18.5. The summed E-state index contributed by atoms with van der Waals surface area (Å²) in [5, 5.41) is 3.45. The smallest absolute Gasteiger partial charge is 0.253 e. The topological polar surface area (TPSA) is 56.1 Å². The standard InChI is InChI=1S/C27H26ClN3O2/c1-3-10-20-11-4-9-16-25(20)33-18-17-31-24-15-8-7-14-23(24)30-26(31)19(2)29-27(32)21-12-5-6-13-22(21)28/h3-9,11-16,19H,1,10,17-18H2,2H3,(H,29,32). The number of hydrogen-bond donors (Lipinski definition) is 1. The fourth-order valence-corrected chi connectivity index (χ4v) is 4.08. The number of nitrogens with one attached hydrogen (secondary N) is 1. The zero-order valence-corrected chi connectivity index (χ0v) is 19.3. The van der Waals surface area contributed by atoms with E-state index in [1.54, 1.807) is 24.3 Å². The van der Waals surface area contributed by atoms with Gasteiger partial charge in [0.05, 0.1) is 34.2 Å². The van der Waals surface area contributed by atoms with E-state index in [0.29, 0.717) is 23.7 Å². The Bertz CT molecular complexity index is 1280. The molecule has 0 fully saturated rings. The van der Waals surface area contributed by atoms with Gasteiger partial charge >= 0.3 is 0 Å². The monoisotopic (exact) mass is 459 g/mol. The maximum atomic E-state index is 12.8. The number of benzene rings is 3. The van der Waals surface area contributed by atoms with Gasteiger partial charge in [-0.2, -0.15) is 0 Å². The lowest BCUT2D eigenvalue weighted by Crippen LogP contribution is -2.29. The number of ether oxygens (including phenoxy) is 1. The van der Waals surface area contributed by atoms with Gasteiger partial charge < -0.3 is 14.6 Å². The average Bonchev–Trinajstić information content (AvgIpc) is 3.19. The molecule has 0 aliphatic carbocycles. The molecule has 4 rings (SSSR count). The summed E-state index contributed by atoms with van der Waals surface area (Å²) in [5.41, 5.74) is 3.41. The van der Waals surface area contributed by atoms with Crippen LogP contribution < -0.4 is 10.1 Å². The lowest BCUT2D eigenvalue weighted by Gasteiger charge is -2.17. The SMILES string of the molecule is C=CCc1ccccc1OCCn1c(C(C)NC(=O)c2ccccc2Cl)nc2ccccc21. The van der Waals surface area contributed by atoms with Crippen LogP contribution in [-0.2, 0) is 13.0 Å². The van der Waals surface area contributed by atoms with Crippen LogP contribution in [0.5, 0.6) is 5.75 Å². The molecule has 1 heterocycles. The van der Waals surface area contributed by atoms with Gasteiger partial charge in [-0.15, -0.1) is 6.58 Å². The molecule has 33 heavy (non-hydrogen) atoms. The Kier molecular flexibility index (Phi) is 7.10. The van der Waals surface area contributed by atoms with Crippen molar-refractivity contribution >= 4 is 28.5 Å². The number of allylic oxidation sites excluding steroid dienone is 1. The number of rotatable bonds is 9. The number of imidazole rings is 1. The molecule has 1 aromatic heterocycles. The number of amides is 1. The van der Waals surface area contributed by atoms with E-state index in [1.807, 2.05) is 61.5 Å². The molecule has 1 N–H and O–H groups in total. The summed E-state index contributed by atoms with van der Waals surface area (Å²) in [4.78, 5) is 17.6. The van der Waals surface area contributed by atoms with Gasteiger partial charge in [0.15, 0.2) is 0 Å². The van der Waals surface area contributed by atoms with Crippen LogP contribution in [0.1, 0.15) is 34.7 Å². The number of carbonyl (C=O) groups is 1. The number of fused-ring (bicyclic) bond motifs is 1. The Hall–Kier alpha value is -3.57. The molecule has 0 aliphatic rings. The van der Waals surface area contributed by atoms with Crippen molar-refractivity contribution < 1.29 is 9.53 Å². The third-order valence-electron chi connectivity index (χ3n) is 5.45. The highest BCUT2D eigenvalue weighted by Crippen LogP contribution is 2.23. The molecular formula is C27H26ClN3O2. The third-order valence-corrected chi connectivity index (χ3v) is 5.78. The fourth-order valence-electron chi connectivity index (χ4n) is 3.86. The number of para-hydroxylation sites is 3. The van der Waals surface area contributed by atoms with Crippen LogP contribution in [0.25, 0.3) is 11.0 Å². The molecule has 4 aromatic rings. The summed E-state index contributed by atoms with van der Waals surface area (Å²) in [7, 11) is 0. The molecule has 0 saturated carbocycles.